The van der Waals surface area contributed by atoms with E-state index in [1.54, 1.807) is 24.3 Å². The predicted octanol–water partition coefficient (Wildman–Crippen LogP) is 2.78. The van der Waals surface area contributed by atoms with Crippen molar-refractivity contribution in [3.05, 3.63) is 59.7 Å². The SMILES string of the molecule is Nc1cccc(CN(C(=O)c2ccccc2O)C2CC2)c1. The van der Waals surface area contributed by atoms with Gasteiger partial charge in [-0.1, -0.05) is 24.3 Å². The van der Waals surface area contributed by atoms with Crippen molar-refractivity contribution in [3.8, 4) is 5.75 Å². The molecule has 0 unspecified atom stereocenters. The normalized spacial score (nSPS) is 13.9. The van der Waals surface area contributed by atoms with Gasteiger partial charge in [0.25, 0.3) is 5.91 Å². The lowest BCUT2D eigenvalue weighted by atomic mass is 10.1. The molecule has 2 aromatic rings. The number of aromatic hydroxyl groups is 1. The summed E-state index contributed by atoms with van der Waals surface area (Å²) >= 11 is 0. The van der Waals surface area contributed by atoms with Crippen LogP contribution in [0, 0.1) is 0 Å². The first-order chi connectivity index (χ1) is 10.1. The number of anilines is 1. The smallest absolute Gasteiger partial charge is 0.258 e. The van der Waals surface area contributed by atoms with Crippen molar-refractivity contribution in [2.24, 2.45) is 0 Å². The summed E-state index contributed by atoms with van der Waals surface area (Å²) < 4.78 is 0. The molecule has 0 spiro atoms. The minimum absolute atomic E-state index is 0.0284. The average molecular weight is 282 g/mol. The molecule has 1 fully saturated rings. The maximum Gasteiger partial charge on any atom is 0.258 e. The van der Waals surface area contributed by atoms with Gasteiger partial charge in [-0.2, -0.15) is 0 Å². The number of amides is 1. The molecule has 4 heteroatoms. The summed E-state index contributed by atoms with van der Waals surface area (Å²) in [5, 5.41) is 9.87. The Labute approximate surface area is 123 Å². The lowest BCUT2D eigenvalue weighted by Gasteiger charge is -2.23. The molecule has 3 rings (SSSR count). The summed E-state index contributed by atoms with van der Waals surface area (Å²) in [5.41, 5.74) is 7.85. The Morgan fingerprint density at radius 1 is 1.19 bits per heavy atom. The van der Waals surface area contributed by atoms with E-state index in [9.17, 15) is 9.90 Å². The first-order valence-corrected chi connectivity index (χ1v) is 7.08. The van der Waals surface area contributed by atoms with Gasteiger partial charge in [0.15, 0.2) is 0 Å². The number of carbonyl (C=O) groups is 1. The highest BCUT2D eigenvalue weighted by Gasteiger charge is 2.33. The zero-order chi connectivity index (χ0) is 14.8. The Balaban J connectivity index is 1.85. The van der Waals surface area contributed by atoms with Crippen molar-refractivity contribution in [3.63, 3.8) is 0 Å². The van der Waals surface area contributed by atoms with Gasteiger partial charge in [0.1, 0.15) is 5.75 Å². The minimum Gasteiger partial charge on any atom is -0.507 e. The molecule has 1 aliphatic rings. The van der Waals surface area contributed by atoms with E-state index in [1.165, 1.54) is 0 Å². The first kappa shape index (κ1) is 13.5. The van der Waals surface area contributed by atoms with E-state index in [4.69, 9.17) is 5.73 Å². The van der Waals surface area contributed by atoms with Crippen LogP contribution in [0.3, 0.4) is 0 Å². The van der Waals surface area contributed by atoms with Gasteiger partial charge in [0.2, 0.25) is 0 Å². The second-order valence-corrected chi connectivity index (χ2v) is 5.43. The molecular weight excluding hydrogens is 264 g/mol. The van der Waals surface area contributed by atoms with Gasteiger partial charge in [0, 0.05) is 18.3 Å². The molecule has 0 aliphatic heterocycles. The van der Waals surface area contributed by atoms with Gasteiger partial charge in [-0.15, -0.1) is 0 Å². The second-order valence-electron chi connectivity index (χ2n) is 5.43. The molecule has 0 radical (unpaired) electrons. The summed E-state index contributed by atoms with van der Waals surface area (Å²) in [6.07, 6.45) is 2.03. The molecule has 108 valence electrons. The topological polar surface area (TPSA) is 66.6 Å². The fraction of sp³-hybridized carbons (Fsp3) is 0.235. The van der Waals surface area contributed by atoms with E-state index in [0.29, 0.717) is 17.8 Å². The molecule has 0 heterocycles. The highest BCUT2D eigenvalue weighted by atomic mass is 16.3. The summed E-state index contributed by atoms with van der Waals surface area (Å²) in [4.78, 5) is 14.5. The quantitative estimate of drug-likeness (QED) is 0.847. The molecular formula is C17H18N2O2. The molecule has 0 saturated heterocycles. The summed E-state index contributed by atoms with van der Waals surface area (Å²) in [6.45, 7) is 0.517. The largest absolute Gasteiger partial charge is 0.507 e. The fourth-order valence-corrected chi connectivity index (χ4v) is 2.45. The number of para-hydroxylation sites is 1. The van der Waals surface area contributed by atoms with Crippen molar-refractivity contribution in [2.45, 2.75) is 25.4 Å². The van der Waals surface area contributed by atoms with E-state index >= 15 is 0 Å². The third kappa shape index (κ3) is 2.99. The van der Waals surface area contributed by atoms with Crippen LogP contribution in [-0.2, 0) is 6.54 Å². The molecule has 0 atom stereocenters. The summed E-state index contributed by atoms with van der Waals surface area (Å²) in [7, 11) is 0. The number of nitrogens with zero attached hydrogens (tertiary/aromatic N) is 1. The standard InChI is InChI=1S/C17H18N2O2/c18-13-5-3-4-12(10-13)11-19(14-8-9-14)17(21)15-6-1-2-7-16(15)20/h1-7,10,14,20H,8-9,11,18H2. The van der Waals surface area contributed by atoms with Crippen molar-refractivity contribution in [1.29, 1.82) is 0 Å². The Kier molecular flexibility index (Phi) is 3.52. The van der Waals surface area contributed by atoms with Gasteiger partial charge >= 0.3 is 0 Å². The van der Waals surface area contributed by atoms with Crippen molar-refractivity contribution in [2.75, 3.05) is 5.73 Å². The third-order valence-corrected chi connectivity index (χ3v) is 3.69. The highest BCUT2D eigenvalue weighted by Crippen LogP contribution is 2.31. The van der Waals surface area contributed by atoms with E-state index in [2.05, 4.69) is 0 Å². The van der Waals surface area contributed by atoms with Crippen LogP contribution in [0.25, 0.3) is 0 Å². The van der Waals surface area contributed by atoms with Crippen LogP contribution in [0.15, 0.2) is 48.5 Å². The molecule has 1 aliphatic carbocycles. The highest BCUT2D eigenvalue weighted by molar-refractivity contribution is 5.97. The maximum atomic E-state index is 12.7. The van der Waals surface area contributed by atoms with E-state index in [0.717, 1.165) is 18.4 Å². The van der Waals surface area contributed by atoms with E-state index < -0.39 is 0 Å². The minimum atomic E-state index is -0.127. The van der Waals surface area contributed by atoms with Crippen LogP contribution in [0.1, 0.15) is 28.8 Å². The Morgan fingerprint density at radius 3 is 2.62 bits per heavy atom. The monoisotopic (exact) mass is 282 g/mol. The van der Waals surface area contributed by atoms with Crippen molar-refractivity contribution < 1.29 is 9.90 Å². The zero-order valence-corrected chi connectivity index (χ0v) is 11.7. The molecule has 2 aromatic carbocycles. The lowest BCUT2D eigenvalue weighted by Crippen LogP contribution is -2.32. The van der Waals surface area contributed by atoms with E-state index in [1.807, 2.05) is 29.2 Å². The summed E-state index contributed by atoms with van der Waals surface area (Å²) in [6, 6.07) is 14.5. The molecule has 4 nitrogen and oxygen atoms in total. The number of hydrogen-bond acceptors (Lipinski definition) is 3. The number of carbonyl (C=O) groups excluding carboxylic acids is 1. The van der Waals surface area contributed by atoms with Crippen LogP contribution in [0.2, 0.25) is 0 Å². The van der Waals surface area contributed by atoms with Gasteiger partial charge in [-0.05, 0) is 42.7 Å². The molecule has 0 bridgehead atoms. The van der Waals surface area contributed by atoms with Gasteiger partial charge in [-0.3, -0.25) is 4.79 Å². The first-order valence-electron chi connectivity index (χ1n) is 7.08. The number of phenols is 1. The van der Waals surface area contributed by atoms with Crippen LogP contribution < -0.4 is 5.73 Å². The average Bonchev–Trinajstić information content (AvgIpc) is 3.29. The maximum absolute atomic E-state index is 12.7. The Bertz CT molecular complexity index is 665. The van der Waals surface area contributed by atoms with Crippen LogP contribution in [0.4, 0.5) is 5.69 Å². The van der Waals surface area contributed by atoms with Gasteiger partial charge in [0.05, 0.1) is 5.56 Å². The van der Waals surface area contributed by atoms with Crippen LogP contribution >= 0.6 is 0 Å². The van der Waals surface area contributed by atoms with E-state index in [-0.39, 0.29) is 17.7 Å². The van der Waals surface area contributed by atoms with Crippen molar-refractivity contribution in [1.82, 2.24) is 4.90 Å². The second kappa shape index (κ2) is 5.48. The van der Waals surface area contributed by atoms with Crippen molar-refractivity contribution >= 4 is 11.6 Å². The van der Waals surface area contributed by atoms with Crippen LogP contribution in [-0.4, -0.2) is 22.0 Å². The Morgan fingerprint density at radius 2 is 1.95 bits per heavy atom. The molecule has 1 amide bonds. The Hall–Kier alpha value is -2.49. The zero-order valence-electron chi connectivity index (χ0n) is 11.7. The third-order valence-electron chi connectivity index (χ3n) is 3.69. The number of rotatable bonds is 4. The van der Waals surface area contributed by atoms with Gasteiger partial charge < -0.3 is 15.7 Å². The number of nitrogens with two attached hydrogens (primary N) is 1. The van der Waals surface area contributed by atoms with Crippen LogP contribution in [0.5, 0.6) is 5.75 Å². The molecule has 3 N–H and O–H groups in total. The fourth-order valence-electron chi connectivity index (χ4n) is 2.45. The number of nitrogen functional groups attached to an aromatic ring is 1. The molecule has 1 saturated carbocycles. The molecule has 21 heavy (non-hydrogen) atoms. The number of phenolic OH excluding ortho intramolecular Hbond substituents is 1. The number of benzene rings is 2. The molecule has 0 aromatic heterocycles. The van der Waals surface area contributed by atoms with Gasteiger partial charge in [-0.25, -0.2) is 0 Å². The lowest BCUT2D eigenvalue weighted by molar-refractivity contribution is 0.0727. The summed E-state index contributed by atoms with van der Waals surface area (Å²) in [5.74, 6) is -0.0984. The number of hydrogen-bond donors (Lipinski definition) is 2. The predicted molar refractivity (Wildman–Crippen MR) is 81.9 cm³/mol.